The van der Waals surface area contributed by atoms with Gasteiger partial charge in [-0.3, -0.25) is 0 Å². The molecule has 54 valence electrons. The van der Waals surface area contributed by atoms with E-state index in [0.717, 1.165) is 11.5 Å². The molecule has 0 nitrogen and oxygen atoms in total. The summed E-state index contributed by atoms with van der Waals surface area (Å²) in [6.07, 6.45) is 5.54. The van der Waals surface area contributed by atoms with Crippen molar-refractivity contribution in [2.75, 3.05) is 17.3 Å². The van der Waals surface area contributed by atoms with Gasteiger partial charge >= 0.3 is 0 Å². The van der Waals surface area contributed by atoms with Gasteiger partial charge in [0.25, 0.3) is 0 Å². The minimum atomic E-state index is 0.868. The molecule has 0 bridgehead atoms. The smallest absolute Gasteiger partial charge is 0.0113 e. The van der Waals surface area contributed by atoms with Crippen molar-refractivity contribution in [3.63, 3.8) is 0 Å². The summed E-state index contributed by atoms with van der Waals surface area (Å²) >= 11 is 6.02. The standard InChI is InChI=1S/C7H14S2/c1-2-6-9-7-4-3-5-8/h3-4,8H,2,5-7H2,1H3/b4-3+. The van der Waals surface area contributed by atoms with Crippen LogP contribution in [0.1, 0.15) is 13.3 Å². The minimum Gasteiger partial charge on any atom is -0.175 e. The Hall–Kier alpha value is 0.440. The maximum atomic E-state index is 4.05. The van der Waals surface area contributed by atoms with Crippen LogP contribution in [0.25, 0.3) is 0 Å². The first kappa shape index (κ1) is 9.44. The van der Waals surface area contributed by atoms with Gasteiger partial charge in [-0.2, -0.15) is 24.4 Å². The van der Waals surface area contributed by atoms with Crippen molar-refractivity contribution in [2.45, 2.75) is 13.3 Å². The van der Waals surface area contributed by atoms with E-state index in [4.69, 9.17) is 0 Å². The number of hydrogen-bond donors (Lipinski definition) is 1. The fourth-order valence-electron chi connectivity index (χ4n) is 0.438. The molecule has 0 unspecified atom stereocenters. The number of hydrogen-bond acceptors (Lipinski definition) is 2. The SMILES string of the molecule is CCCSC/C=C/CS. The van der Waals surface area contributed by atoms with E-state index in [0.29, 0.717) is 0 Å². The van der Waals surface area contributed by atoms with E-state index in [1.54, 1.807) is 0 Å². The van der Waals surface area contributed by atoms with Crippen molar-refractivity contribution in [1.82, 2.24) is 0 Å². The highest BCUT2D eigenvalue weighted by atomic mass is 32.2. The number of thiol groups is 1. The summed E-state index contributed by atoms with van der Waals surface area (Å²) in [6, 6.07) is 0. The maximum Gasteiger partial charge on any atom is 0.0113 e. The van der Waals surface area contributed by atoms with Crippen LogP contribution < -0.4 is 0 Å². The summed E-state index contributed by atoms with van der Waals surface area (Å²) in [4.78, 5) is 0. The Bertz CT molecular complexity index is 69.3. The predicted molar refractivity (Wildman–Crippen MR) is 50.6 cm³/mol. The third-order valence-electron chi connectivity index (χ3n) is 0.835. The van der Waals surface area contributed by atoms with Crippen LogP contribution in [0.3, 0.4) is 0 Å². The Morgan fingerprint density at radius 2 is 2.22 bits per heavy atom. The number of rotatable bonds is 5. The Kier molecular flexibility index (Phi) is 8.85. The maximum absolute atomic E-state index is 4.05. The van der Waals surface area contributed by atoms with Crippen molar-refractivity contribution in [1.29, 1.82) is 0 Å². The largest absolute Gasteiger partial charge is 0.175 e. The molecule has 0 saturated heterocycles. The van der Waals surface area contributed by atoms with E-state index in [1.165, 1.54) is 12.2 Å². The highest BCUT2D eigenvalue weighted by Gasteiger charge is 1.79. The predicted octanol–water partition coefficient (Wildman–Crippen LogP) is 2.62. The monoisotopic (exact) mass is 162 g/mol. The first-order valence-electron chi connectivity index (χ1n) is 3.25. The quantitative estimate of drug-likeness (QED) is 0.368. The lowest BCUT2D eigenvalue weighted by atomic mass is 10.6. The molecule has 0 atom stereocenters. The van der Waals surface area contributed by atoms with Gasteiger partial charge in [0, 0.05) is 11.5 Å². The lowest BCUT2D eigenvalue weighted by Gasteiger charge is -1.90. The zero-order valence-corrected chi connectivity index (χ0v) is 7.55. The van der Waals surface area contributed by atoms with E-state index >= 15 is 0 Å². The van der Waals surface area contributed by atoms with Crippen molar-refractivity contribution in [3.05, 3.63) is 12.2 Å². The molecule has 0 saturated carbocycles. The Morgan fingerprint density at radius 3 is 2.78 bits per heavy atom. The van der Waals surface area contributed by atoms with Crippen LogP contribution in [-0.2, 0) is 0 Å². The molecule has 0 aliphatic rings. The highest BCUT2D eigenvalue weighted by molar-refractivity contribution is 7.99. The lowest BCUT2D eigenvalue weighted by Crippen LogP contribution is -1.75. The average Bonchev–Trinajstić information content (AvgIpc) is 1.89. The fourth-order valence-corrected chi connectivity index (χ4v) is 1.31. The minimum absolute atomic E-state index is 0.868. The van der Waals surface area contributed by atoms with E-state index in [-0.39, 0.29) is 0 Å². The summed E-state index contributed by atoms with van der Waals surface area (Å²) in [7, 11) is 0. The molecule has 0 heterocycles. The van der Waals surface area contributed by atoms with Crippen LogP contribution in [0.2, 0.25) is 0 Å². The Morgan fingerprint density at radius 1 is 1.44 bits per heavy atom. The number of thioether (sulfide) groups is 1. The van der Waals surface area contributed by atoms with Gasteiger partial charge in [-0.15, -0.1) is 0 Å². The van der Waals surface area contributed by atoms with Gasteiger partial charge in [0.2, 0.25) is 0 Å². The molecule has 0 amide bonds. The topological polar surface area (TPSA) is 0 Å². The van der Waals surface area contributed by atoms with Crippen LogP contribution in [0, 0.1) is 0 Å². The zero-order chi connectivity index (χ0) is 6.95. The van der Waals surface area contributed by atoms with Gasteiger partial charge in [-0.05, 0) is 12.2 Å². The molecule has 9 heavy (non-hydrogen) atoms. The molecule has 0 aromatic rings. The average molecular weight is 162 g/mol. The molecule has 0 radical (unpaired) electrons. The molecule has 2 heteroatoms. The normalized spacial score (nSPS) is 10.9. The fraction of sp³-hybridized carbons (Fsp3) is 0.714. The second kappa shape index (κ2) is 8.44. The van der Waals surface area contributed by atoms with Gasteiger partial charge in [0.15, 0.2) is 0 Å². The van der Waals surface area contributed by atoms with E-state index in [9.17, 15) is 0 Å². The molecule has 0 aliphatic heterocycles. The van der Waals surface area contributed by atoms with Crippen LogP contribution in [-0.4, -0.2) is 17.3 Å². The van der Waals surface area contributed by atoms with Crippen molar-refractivity contribution in [2.24, 2.45) is 0 Å². The van der Waals surface area contributed by atoms with Crippen LogP contribution in [0.5, 0.6) is 0 Å². The zero-order valence-electron chi connectivity index (χ0n) is 5.84. The Balaban J connectivity index is 2.82. The highest BCUT2D eigenvalue weighted by Crippen LogP contribution is 2.01. The molecule has 0 aliphatic carbocycles. The molecule has 0 N–H and O–H groups in total. The summed E-state index contributed by atoms with van der Waals surface area (Å²) in [5.41, 5.74) is 0. The molecular formula is C7H14S2. The van der Waals surface area contributed by atoms with E-state index in [2.05, 4.69) is 31.7 Å². The first-order chi connectivity index (χ1) is 4.41. The van der Waals surface area contributed by atoms with Gasteiger partial charge in [0.05, 0.1) is 0 Å². The molecule has 0 rings (SSSR count). The molecular weight excluding hydrogens is 148 g/mol. The van der Waals surface area contributed by atoms with E-state index in [1.807, 2.05) is 11.8 Å². The third-order valence-corrected chi connectivity index (χ3v) is 2.17. The van der Waals surface area contributed by atoms with Crippen molar-refractivity contribution in [3.8, 4) is 0 Å². The second-order valence-electron chi connectivity index (χ2n) is 1.73. The summed E-state index contributed by atoms with van der Waals surface area (Å²) < 4.78 is 0. The molecule has 0 aromatic heterocycles. The van der Waals surface area contributed by atoms with Crippen LogP contribution >= 0.6 is 24.4 Å². The van der Waals surface area contributed by atoms with Gasteiger partial charge in [-0.25, -0.2) is 0 Å². The summed E-state index contributed by atoms with van der Waals surface area (Å²) in [6.45, 7) is 2.20. The van der Waals surface area contributed by atoms with Gasteiger partial charge in [0.1, 0.15) is 0 Å². The molecule has 0 spiro atoms. The van der Waals surface area contributed by atoms with Crippen LogP contribution in [0.15, 0.2) is 12.2 Å². The van der Waals surface area contributed by atoms with Gasteiger partial charge in [-0.1, -0.05) is 19.1 Å². The summed E-state index contributed by atoms with van der Waals surface area (Å²) in [5.74, 6) is 3.29. The van der Waals surface area contributed by atoms with E-state index < -0.39 is 0 Å². The molecule has 0 aromatic carbocycles. The first-order valence-corrected chi connectivity index (χ1v) is 5.04. The molecule has 0 fully saturated rings. The van der Waals surface area contributed by atoms with Gasteiger partial charge < -0.3 is 0 Å². The second-order valence-corrected chi connectivity index (χ2v) is 3.24. The lowest BCUT2D eigenvalue weighted by molar-refractivity contribution is 1.11. The third kappa shape index (κ3) is 8.44. The van der Waals surface area contributed by atoms with Crippen molar-refractivity contribution >= 4 is 24.4 Å². The van der Waals surface area contributed by atoms with Crippen molar-refractivity contribution < 1.29 is 0 Å². The van der Waals surface area contributed by atoms with Crippen LogP contribution in [0.4, 0.5) is 0 Å². The summed E-state index contributed by atoms with van der Waals surface area (Å²) in [5, 5.41) is 0. The Labute approximate surface area is 67.5 Å².